The van der Waals surface area contributed by atoms with E-state index in [1.807, 2.05) is 24.0 Å². The molecule has 1 heterocycles. The van der Waals surface area contributed by atoms with Crippen molar-refractivity contribution in [1.29, 1.82) is 0 Å². The van der Waals surface area contributed by atoms with Gasteiger partial charge in [0.05, 0.1) is 0 Å². The van der Waals surface area contributed by atoms with Crippen molar-refractivity contribution in [2.75, 3.05) is 6.61 Å². The van der Waals surface area contributed by atoms with Gasteiger partial charge in [-0.15, -0.1) is 0 Å². The van der Waals surface area contributed by atoms with E-state index in [1.165, 1.54) is 16.8 Å². The third-order valence-electron chi connectivity index (χ3n) is 3.44. The van der Waals surface area contributed by atoms with Gasteiger partial charge in [-0.25, -0.2) is 0 Å². The Morgan fingerprint density at radius 1 is 1.22 bits per heavy atom. The Hall–Kier alpha value is -1.61. The maximum absolute atomic E-state index is 9.52. The summed E-state index contributed by atoms with van der Waals surface area (Å²) in [5.41, 5.74) is 3.67. The van der Waals surface area contributed by atoms with Gasteiger partial charge in [0.1, 0.15) is 0 Å². The highest BCUT2D eigenvalue weighted by atomic mass is 16.3. The lowest BCUT2D eigenvalue weighted by molar-refractivity contribution is 0.259. The van der Waals surface area contributed by atoms with Crippen LogP contribution >= 0.6 is 0 Å². The molecule has 0 saturated carbocycles. The fraction of sp³-hybridized carbons (Fsp3) is 0.400. The molecular formula is C15H20N2O. The second kappa shape index (κ2) is 5.83. The smallest absolute Gasteiger partial charge is 0.0499 e. The van der Waals surface area contributed by atoms with Crippen molar-refractivity contribution >= 4 is 0 Å². The van der Waals surface area contributed by atoms with E-state index in [9.17, 15) is 5.11 Å². The summed E-state index contributed by atoms with van der Waals surface area (Å²) in [6.07, 6.45) is 3.70. The van der Waals surface area contributed by atoms with Crippen LogP contribution in [0.15, 0.2) is 36.5 Å². The molecular weight excluding hydrogens is 224 g/mol. The number of aromatic nitrogens is 2. The van der Waals surface area contributed by atoms with E-state index in [2.05, 4.69) is 36.3 Å². The number of aryl methyl sites for hydroxylation is 3. The Morgan fingerprint density at radius 2 is 1.94 bits per heavy atom. The standard InChI is InChI=1S/C15H20N2O/c1-12-3-5-13(6-4-12)14(11-18)7-8-15-9-10-16-17(15)2/h3-6,9-10,14,18H,7-8,11H2,1-2H3. The molecule has 1 atom stereocenters. The Labute approximate surface area is 108 Å². The molecule has 1 unspecified atom stereocenters. The average molecular weight is 244 g/mol. The summed E-state index contributed by atoms with van der Waals surface area (Å²) in [6.45, 7) is 2.27. The largest absolute Gasteiger partial charge is 0.396 e. The van der Waals surface area contributed by atoms with E-state index in [0.717, 1.165) is 12.8 Å². The SMILES string of the molecule is Cc1ccc(C(CO)CCc2ccnn2C)cc1. The first kappa shape index (κ1) is 12.8. The van der Waals surface area contributed by atoms with Gasteiger partial charge < -0.3 is 5.11 Å². The molecule has 3 heteroatoms. The molecule has 0 bridgehead atoms. The van der Waals surface area contributed by atoms with Gasteiger partial charge in [-0.2, -0.15) is 5.10 Å². The molecule has 18 heavy (non-hydrogen) atoms. The van der Waals surface area contributed by atoms with E-state index in [-0.39, 0.29) is 12.5 Å². The number of benzene rings is 1. The number of hydrogen-bond donors (Lipinski definition) is 1. The van der Waals surface area contributed by atoms with Crippen LogP contribution < -0.4 is 0 Å². The summed E-state index contributed by atoms with van der Waals surface area (Å²) in [6, 6.07) is 10.5. The monoisotopic (exact) mass is 244 g/mol. The lowest BCUT2D eigenvalue weighted by Crippen LogP contribution is -2.07. The zero-order valence-electron chi connectivity index (χ0n) is 11.0. The number of hydrogen-bond acceptors (Lipinski definition) is 2. The van der Waals surface area contributed by atoms with Gasteiger partial charge in [-0.3, -0.25) is 4.68 Å². The predicted molar refractivity (Wildman–Crippen MR) is 72.5 cm³/mol. The van der Waals surface area contributed by atoms with Crippen LogP contribution in [0.1, 0.15) is 29.2 Å². The van der Waals surface area contributed by atoms with Crippen LogP contribution in [-0.2, 0) is 13.5 Å². The van der Waals surface area contributed by atoms with Gasteiger partial charge in [0.25, 0.3) is 0 Å². The molecule has 96 valence electrons. The summed E-state index contributed by atoms with van der Waals surface area (Å²) >= 11 is 0. The van der Waals surface area contributed by atoms with Gasteiger partial charge in [-0.1, -0.05) is 29.8 Å². The summed E-state index contributed by atoms with van der Waals surface area (Å²) in [5.74, 6) is 0.209. The van der Waals surface area contributed by atoms with Crippen molar-refractivity contribution in [2.24, 2.45) is 7.05 Å². The molecule has 0 amide bonds. The summed E-state index contributed by atoms with van der Waals surface area (Å²) < 4.78 is 1.89. The lowest BCUT2D eigenvalue weighted by Gasteiger charge is -2.14. The molecule has 1 aromatic carbocycles. The first-order valence-electron chi connectivity index (χ1n) is 6.35. The Kier molecular flexibility index (Phi) is 4.15. The molecule has 0 fully saturated rings. The average Bonchev–Trinajstić information content (AvgIpc) is 2.78. The molecule has 0 aliphatic heterocycles. The van der Waals surface area contributed by atoms with Crippen LogP contribution in [-0.4, -0.2) is 21.5 Å². The van der Waals surface area contributed by atoms with Crippen molar-refractivity contribution in [3.8, 4) is 0 Å². The van der Waals surface area contributed by atoms with Gasteiger partial charge in [0, 0.05) is 31.5 Å². The molecule has 0 aliphatic rings. The molecule has 1 N–H and O–H groups in total. The predicted octanol–water partition coefficient (Wildman–Crippen LogP) is 2.44. The number of aliphatic hydroxyl groups excluding tert-OH is 1. The second-order valence-electron chi connectivity index (χ2n) is 4.78. The van der Waals surface area contributed by atoms with Gasteiger partial charge in [0.15, 0.2) is 0 Å². The normalized spacial score (nSPS) is 12.6. The molecule has 0 spiro atoms. The topological polar surface area (TPSA) is 38.1 Å². The van der Waals surface area contributed by atoms with Crippen LogP contribution in [0.4, 0.5) is 0 Å². The maximum atomic E-state index is 9.52. The van der Waals surface area contributed by atoms with Crippen LogP contribution in [0, 0.1) is 6.92 Å². The van der Waals surface area contributed by atoms with Crippen molar-refractivity contribution in [3.05, 3.63) is 53.3 Å². The molecule has 2 rings (SSSR count). The highest BCUT2D eigenvalue weighted by molar-refractivity contribution is 5.24. The quantitative estimate of drug-likeness (QED) is 0.877. The molecule has 0 aliphatic carbocycles. The molecule has 2 aromatic rings. The van der Waals surface area contributed by atoms with E-state index in [4.69, 9.17) is 0 Å². The Bertz CT molecular complexity index is 487. The summed E-state index contributed by atoms with van der Waals surface area (Å²) in [4.78, 5) is 0. The first-order valence-corrected chi connectivity index (χ1v) is 6.35. The van der Waals surface area contributed by atoms with Crippen LogP contribution in [0.5, 0.6) is 0 Å². The summed E-state index contributed by atoms with van der Waals surface area (Å²) in [7, 11) is 1.95. The highest BCUT2D eigenvalue weighted by Gasteiger charge is 2.11. The third-order valence-corrected chi connectivity index (χ3v) is 3.44. The zero-order chi connectivity index (χ0) is 13.0. The number of aliphatic hydroxyl groups is 1. The van der Waals surface area contributed by atoms with E-state index in [1.54, 1.807) is 0 Å². The van der Waals surface area contributed by atoms with E-state index >= 15 is 0 Å². The van der Waals surface area contributed by atoms with E-state index < -0.39 is 0 Å². The van der Waals surface area contributed by atoms with Crippen LogP contribution in [0.3, 0.4) is 0 Å². The number of nitrogens with zero attached hydrogens (tertiary/aromatic N) is 2. The Balaban J connectivity index is 2.01. The van der Waals surface area contributed by atoms with Crippen molar-refractivity contribution in [1.82, 2.24) is 9.78 Å². The zero-order valence-corrected chi connectivity index (χ0v) is 11.0. The van der Waals surface area contributed by atoms with Gasteiger partial charge >= 0.3 is 0 Å². The van der Waals surface area contributed by atoms with Crippen molar-refractivity contribution in [2.45, 2.75) is 25.7 Å². The van der Waals surface area contributed by atoms with Crippen molar-refractivity contribution in [3.63, 3.8) is 0 Å². The maximum Gasteiger partial charge on any atom is 0.0499 e. The fourth-order valence-corrected chi connectivity index (χ4v) is 2.17. The van der Waals surface area contributed by atoms with Crippen molar-refractivity contribution < 1.29 is 5.11 Å². The van der Waals surface area contributed by atoms with Crippen LogP contribution in [0.25, 0.3) is 0 Å². The minimum absolute atomic E-state index is 0.195. The minimum atomic E-state index is 0.195. The molecule has 3 nitrogen and oxygen atoms in total. The lowest BCUT2D eigenvalue weighted by atomic mass is 9.93. The third kappa shape index (κ3) is 2.99. The minimum Gasteiger partial charge on any atom is -0.396 e. The molecule has 1 aromatic heterocycles. The number of rotatable bonds is 5. The Morgan fingerprint density at radius 3 is 2.50 bits per heavy atom. The van der Waals surface area contributed by atoms with Crippen LogP contribution in [0.2, 0.25) is 0 Å². The highest BCUT2D eigenvalue weighted by Crippen LogP contribution is 2.21. The fourth-order valence-electron chi connectivity index (χ4n) is 2.17. The van der Waals surface area contributed by atoms with E-state index in [0.29, 0.717) is 0 Å². The first-order chi connectivity index (χ1) is 8.70. The molecule has 0 radical (unpaired) electrons. The molecule has 0 saturated heterocycles. The summed E-state index contributed by atoms with van der Waals surface area (Å²) in [5, 5.41) is 13.7. The second-order valence-corrected chi connectivity index (χ2v) is 4.78. The van der Waals surface area contributed by atoms with Gasteiger partial charge in [0.2, 0.25) is 0 Å². The van der Waals surface area contributed by atoms with Gasteiger partial charge in [-0.05, 0) is 31.4 Å².